The van der Waals surface area contributed by atoms with E-state index in [2.05, 4.69) is 62.5 Å². The maximum absolute atomic E-state index is 3.64. The molecular formula is C17H25N. The van der Waals surface area contributed by atoms with Crippen molar-refractivity contribution in [1.29, 1.82) is 0 Å². The summed E-state index contributed by atoms with van der Waals surface area (Å²) in [5.74, 6) is 0. The van der Waals surface area contributed by atoms with E-state index in [1.807, 2.05) is 0 Å². The molecule has 1 aromatic carbocycles. The summed E-state index contributed by atoms with van der Waals surface area (Å²) in [5, 5.41) is 3.64. The molecular weight excluding hydrogens is 218 g/mol. The Kier molecular flexibility index (Phi) is 4.23. The minimum absolute atomic E-state index is 0.250. The van der Waals surface area contributed by atoms with E-state index in [-0.39, 0.29) is 5.41 Å². The average molecular weight is 243 g/mol. The van der Waals surface area contributed by atoms with Gasteiger partial charge in [0, 0.05) is 12.6 Å². The summed E-state index contributed by atoms with van der Waals surface area (Å²) in [6, 6.07) is 9.70. The fourth-order valence-electron chi connectivity index (χ4n) is 2.36. The first kappa shape index (κ1) is 13.4. The van der Waals surface area contributed by atoms with Gasteiger partial charge in [0.2, 0.25) is 0 Å². The zero-order chi connectivity index (χ0) is 13.0. The molecule has 1 aliphatic rings. The molecule has 1 atom stereocenters. The van der Waals surface area contributed by atoms with Gasteiger partial charge in [-0.2, -0.15) is 0 Å². The lowest BCUT2D eigenvalue weighted by Gasteiger charge is -2.21. The van der Waals surface area contributed by atoms with Crippen LogP contribution in [0.25, 0.3) is 0 Å². The number of benzene rings is 1. The Morgan fingerprint density at radius 3 is 2.39 bits per heavy atom. The van der Waals surface area contributed by atoms with Gasteiger partial charge < -0.3 is 5.32 Å². The van der Waals surface area contributed by atoms with Gasteiger partial charge in [0.1, 0.15) is 0 Å². The van der Waals surface area contributed by atoms with Crippen LogP contribution < -0.4 is 5.32 Å². The largest absolute Gasteiger partial charge is 0.310 e. The monoisotopic (exact) mass is 243 g/mol. The lowest BCUT2D eigenvalue weighted by atomic mass is 9.87. The number of rotatable bonds is 3. The van der Waals surface area contributed by atoms with Crippen molar-refractivity contribution in [3.63, 3.8) is 0 Å². The molecule has 18 heavy (non-hydrogen) atoms. The first-order chi connectivity index (χ1) is 8.55. The van der Waals surface area contributed by atoms with Crippen LogP contribution in [0.4, 0.5) is 0 Å². The predicted octanol–water partition coefficient (Wildman–Crippen LogP) is 4.18. The average Bonchev–Trinajstić information content (AvgIpc) is 2.37. The predicted molar refractivity (Wildman–Crippen MR) is 78.8 cm³/mol. The number of hydrogen-bond donors (Lipinski definition) is 1. The summed E-state index contributed by atoms with van der Waals surface area (Å²) in [6.45, 7) is 7.76. The van der Waals surface area contributed by atoms with E-state index >= 15 is 0 Å². The molecule has 0 aromatic heterocycles. The van der Waals surface area contributed by atoms with Crippen LogP contribution in [0, 0.1) is 0 Å². The van der Waals surface area contributed by atoms with Gasteiger partial charge in [-0.05, 0) is 35.8 Å². The molecule has 0 spiro atoms. The van der Waals surface area contributed by atoms with Crippen molar-refractivity contribution in [1.82, 2.24) is 5.32 Å². The highest BCUT2D eigenvalue weighted by Gasteiger charge is 2.13. The Morgan fingerprint density at radius 1 is 1.11 bits per heavy atom. The second-order valence-electron chi connectivity index (χ2n) is 6.31. The van der Waals surface area contributed by atoms with Crippen LogP contribution in [0.3, 0.4) is 0 Å². The summed E-state index contributed by atoms with van der Waals surface area (Å²) in [4.78, 5) is 0. The molecule has 2 rings (SSSR count). The number of nitrogens with one attached hydrogen (secondary N) is 1. The number of hydrogen-bond acceptors (Lipinski definition) is 1. The molecule has 0 radical (unpaired) electrons. The second kappa shape index (κ2) is 5.71. The fourth-order valence-corrected chi connectivity index (χ4v) is 2.36. The van der Waals surface area contributed by atoms with E-state index in [1.54, 1.807) is 0 Å². The molecule has 0 heterocycles. The van der Waals surface area contributed by atoms with E-state index in [9.17, 15) is 0 Å². The minimum Gasteiger partial charge on any atom is -0.310 e. The summed E-state index contributed by atoms with van der Waals surface area (Å²) in [5.41, 5.74) is 3.05. The molecule has 1 aromatic rings. The molecule has 0 bridgehead atoms. The molecule has 0 fully saturated rings. The molecule has 0 saturated carbocycles. The van der Waals surface area contributed by atoms with Crippen molar-refractivity contribution in [2.45, 2.75) is 58.0 Å². The van der Waals surface area contributed by atoms with E-state index in [0.29, 0.717) is 6.04 Å². The van der Waals surface area contributed by atoms with Crippen molar-refractivity contribution in [2.24, 2.45) is 0 Å². The third kappa shape index (κ3) is 3.71. The van der Waals surface area contributed by atoms with Crippen LogP contribution >= 0.6 is 0 Å². The molecule has 0 aliphatic heterocycles. The van der Waals surface area contributed by atoms with Crippen molar-refractivity contribution >= 4 is 0 Å². The van der Waals surface area contributed by atoms with Crippen LogP contribution in [0.15, 0.2) is 36.4 Å². The van der Waals surface area contributed by atoms with Crippen LogP contribution in [-0.4, -0.2) is 6.04 Å². The lowest BCUT2D eigenvalue weighted by molar-refractivity contribution is 0.474. The van der Waals surface area contributed by atoms with E-state index in [0.717, 1.165) is 6.54 Å². The van der Waals surface area contributed by atoms with Crippen molar-refractivity contribution in [3.05, 3.63) is 47.5 Å². The van der Waals surface area contributed by atoms with Crippen molar-refractivity contribution in [2.75, 3.05) is 0 Å². The molecule has 0 amide bonds. The molecule has 1 N–H and O–H groups in total. The van der Waals surface area contributed by atoms with Gasteiger partial charge in [-0.15, -0.1) is 0 Å². The fraction of sp³-hybridized carbons (Fsp3) is 0.529. The third-order valence-corrected chi connectivity index (χ3v) is 3.68. The van der Waals surface area contributed by atoms with Crippen LogP contribution in [-0.2, 0) is 12.0 Å². The summed E-state index contributed by atoms with van der Waals surface area (Å²) >= 11 is 0. The van der Waals surface area contributed by atoms with Crippen molar-refractivity contribution < 1.29 is 0 Å². The molecule has 1 aliphatic carbocycles. The van der Waals surface area contributed by atoms with Gasteiger partial charge in [-0.1, -0.05) is 57.2 Å². The highest BCUT2D eigenvalue weighted by Crippen LogP contribution is 2.22. The van der Waals surface area contributed by atoms with E-state index < -0.39 is 0 Å². The Morgan fingerprint density at radius 2 is 1.83 bits per heavy atom. The van der Waals surface area contributed by atoms with Gasteiger partial charge in [0.05, 0.1) is 0 Å². The Bertz CT molecular complexity index is 395. The lowest BCUT2D eigenvalue weighted by Crippen LogP contribution is -2.29. The SMILES string of the molecule is CC(C)(C)c1ccc(CNC2CC=CCC2)cc1. The topological polar surface area (TPSA) is 12.0 Å². The summed E-state index contributed by atoms with van der Waals surface area (Å²) < 4.78 is 0. The maximum atomic E-state index is 3.64. The molecule has 1 unspecified atom stereocenters. The normalized spacial score (nSPS) is 20.1. The summed E-state index contributed by atoms with van der Waals surface area (Å²) in [6.07, 6.45) is 8.26. The second-order valence-corrected chi connectivity index (χ2v) is 6.31. The molecule has 1 heteroatoms. The highest BCUT2D eigenvalue weighted by molar-refractivity contribution is 5.27. The van der Waals surface area contributed by atoms with Crippen LogP contribution in [0.1, 0.15) is 51.2 Å². The van der Waals surface area contributed by atoms with Gasteiger partial charge in [0.15, 0.2) is 0 Å². The first-order valence-electron chi connectivity index (χ1n) is 7.03. The van der Waals surface area contributed by atoms with Crippen molar-refractivity contribution in [3.8, 4) is 0 Å². The standard InChI is InChI=1S/C17H25N/c1-17(2,3)15-11-9-14(10-12-15)13-18-16-7-5-4-6-8-16/h4-5,9-12,16,18H,6-8,13H2,1-3H3. The maximum Gasteiger partial charge on any atom is 0.0208 e. The van der Waals surface area contributed by atoms with E-state index in [1.165, 1.54) is 30.4 Å². The molecule has 0 saturated heterocycles. The molecule has 1 nitrogen and oxygen atoms in total. The van der Waals surface area contributed by atoms with E-state index in [4.69, 9.17) is 0 Å². The minimum atomic E-state index is 0.250. The van der Waals surface area contributed by atoms with Crippen LogP contribution in [0.5, 0.6) is 0 Å². The third-order valence-electron chi connectivity index (χ3n) is 3.68. The Balaban J connectivity index is 1.88. The quantitative estimate of drug-likeness (QED) is 0.785. The Labute approximate surface area is 111 Å². The van der Waals surface area contributed by atoms with Gasteiger partial charge in [-0.25, -0.2) is 0 Å². The molecule has 98 valence electrons. The number of allylic oxidation sites excluding steroid dienone is 1. The van der Waals surface area contributed by atoms with Crippen LogP contribution in [0.2, 0.25) is 0 Å². The zero-order valence-electron chi connectivity index (χ0n) is 11.9. The van der Waals surface area contributed by atoms with Gasteiger partial charge in [0.25, 0.3) is 0 Å². The smallest absolute Gasteiger partial charge is 0.0208 e. The summed E-state index contributed by atoms with van der Waals surface area (Å²) in [7, 11) is 0. The highest BCUT2D eigenvalue weighted by atomic mass is 14.9. The zero-order valence-corrected chi connectivity index (χ0v) is 11.9. The van der Waals surface area contributed by atoms with Gasteiger partial charge >= 0.3 is 0 Å². The van der Waals surface area contributed by atoms with Gasteiger partial charge in [-0.3, -0.25) is 0 Å². The Hall–Kier alpha value is -1.08. The first-order valence-corrected chi connectivity index (χ1v) is 7.03.